The van der Waals surface area contributed by atoms with Gasteiger partial charge in [-0.3, -0.25) is 10.4 Å². The van der Waals surface area contributed by atoms with Crippen LogP contribution in [0.2, 0.25) is 0 Å². The highest BCUT2D eigenvalue weighted by Crippen LogP contribution is 2.23. The minimum Gasteiger partial charge on any atom is -0.497 e. The summed E-state index contributed by atoms with van der Waals surface area (Å²) in [6, 6.07) is 9.45. The Bertz CT molecular complexity index is 669. The minimum atomic E-state index is -0.0411. The first-order chi connectivity index (χ1) is 10.0. The Morgan fingerprint density at radius 2 is 2.05 bits per heavy atom. The van der Waals surface area contributed by atoms with Gasteiger partial charge in [0.2, 0.25) is 0 Å². The van der Waals surface area contributed by atoms with Gasteiger partial charge in [-0.1, -0.05) is 12.1 Å². The molecule has 1 heterocycles. The van der Waals surface area contributed by atoms with E-state index in [0.717, 1.165) is 17.0 Å². The number of nitrogens with one attached hydrogen (secondary N) is 1. The Hall–Kier alpha value is -2.56. The first kappa shape index (κ1) is 14.8. The van der Waals surface area contributed by atoms with Crippen molar-refractivity contribution in [2.45, 2.75) is 20.5 Å². The normalized spacial score (nSPS) is 10.2. The van der Waals surface area contributed by atoms with Crippen LogP contribution in [0.15, 0.2) is 30.3 Å². The standard InChI is InChI=1S/C16H19N3O2/c1-10-7-14(15(16(17)18)11(2)19-10)21-9-12-5-4-6-13(8-12)20-3/h4-8H,9H2,1-3H3,(H3,17,18). The van der Waals surface area contributed by atoms with Gasteiger partial charge in [0, 0.05) is 11.8 Å². The lowest BCUT2D eigenvalue weighted by atomic mass is 10.1. The summed E-state index contributed by atoms with van der Waals surface area (Å²) in [6.07, 6.45) is 0. The van der Waals surface area contributed by atoms with Crippen LogP contribution in [0.25, 0.3) is 0 Å². The van der Waals surface area contributed by atoms with Crippen LogP contribution < -0.4 is 15.2 Å². The van der Waals surface area contributed by atoms with E-state index >= 15 is 0 Å². The maximum Gasteiger partial charge on any atom is 0.134 e. The largest absolute Gasteiger partial charge is 0.497 e. The Labute approximate surface area is 124 Å². The molecule has 0 saturated carbocycles. The van der Waals surface area contributed by atoms with Crippen LogP contribution in [0.5, 0.6) is 11.5 Å². The summed E-state index contributed by atoms with van der Waals surface area (Å²) in [6.45, 7) is 4.08. The predicted molar refractivity (Wildman–Crippen MR) is 82.1 cm³/mol. The second-order valence-electron chi connectivity index (χ2n) is 4.78. The van der Waals surface area contributed by atoms with E-state index in [4.69, 9.17) is 20.6 Å². The fraction of sp³-hybridized carbons (Fsp3) is 0.250. The molecular formula is C16H19N3O2. The molecule has 0 spiro atoms. The third kappa shape index (κ3) is 3.51. The van der Waals surface area contributed by atoms with E-state index in [9.17, 15) is 0 Å². The van der Waals surface area contributed by atoms with Gasteiger partial charge >= 0.3 is 0 Å². The molecule has 110 valence electrons. The monoisotopic (exact) mass is 285 g/mol. The van der Waals surface area contributed by atoms with Gasteiger partial charge in [0.05, 0.1) is 18.4 Å². The van der Waals surface area contributed by atoms with Gasteiger partial charge in [-0.05, 0) is 31.5 Å². The molecule has 1 aromatic heterocycles. The SMILES string of the molecule is COc1cccc(COc2cc(C)nc(C)c2C(=N)N)c1. The van der Waals surface area contributed by atoms with Crippen molar-refractivity contribution in [3.8, 4) is 11.5 Å². The van der Waals surface area contributed by atoms with Crippen molar-refractivity contribution in [3.63, 3.8) is 0 Å². The van der Waals surface area contributed by atoms with Gasteiger partial charge in [0.1, 0.15) is 23.9 Å². The number of pyridine rings is 1. The Kier molecular flexibility index (Phi) is 4.42. The van der Waals surface area contributed by atoms with E-state index in [2.05, 4.69) is 4.98 Å². The highest BCUT2D eigenvalue weighted by molar-refractivity contribution is 5.98. The van der Waals surface area contributed by atoms with E-state index in [1.54, 1.807) is 13.2 Å². The molecule has 0 radical (unpaired) electrons. The first-order valence-corrected chi connectivity index (χ1v) is 6.59. The smallest absolute Gasteiger partial charge is 0.134 e. The molecule has 3 N–H and O–H groups in total. The minimum absolute atomic E-state index is 0.0411. The fourth-order valence-corrected chi connectivity index (χ4v) is 2.16. The van der Waals surface area contributed by atoms with Crippen LogP contribution in [-0.4, -0.2) is 17.9 Å². The number of amidine groups is 1. The third-order valence-electron chi connectivity index (χ3n) is 3.09. The van der Waals surface area contributed by atoms with Crippen LogP contribution in [-0.2, 0) is 6.61 Å². The topological polar surface area (TPSA) is 81.2 Å². The fourth-order valence-electron chi connectivity index (χ4n) is 2.16. The summed E-state index contributed by atoms with van der Waals surface area (Å²) in [5, 5.41) is 7.67. The van der Waals surface area contributed by atoms with Crippen molar-refractivity contribution < 1.29 is 9.47 Å². The number of hydrogen-bond acceptors (Lipinski definition) is 4. The maximum atomic E-state index is 7.67. The van der Waals surface area contributed by atoms with Crippen molar-refractivity contribution in [3.05, 3.63) is 52.8 Å². The van der Waals surface area contributed by atoms with Gasteiger partial charge < -0.3 is 15.2 Å². The Balaban J connectivity index is 2.25. The number of nitrogen functional groups attached to an aromatic ring is 1. The average Bonchev–Trinajstić information content (AvgIpc) is 2.44. The zero-order chi connectivity index (χ0) is 15.4. The number of nitrogens with zero attached hydrogens (tertiary/aromatic N) is 1. The van der Waals surface area contributed by atoms with E-state index in [1.807, 2.05) is 38.1 Å². The molecule has 21 heavy (non-hydrogen) atoms. The first-order valence-electron chi connectivity index (χ1n) is 6.59. The van der Waals surface area contributed by atoms with E-state index < -0.39 is 0 Å². The van der Waals surface area contributed by atoms with Gasteiger partial charge in [-0.15, -0.1) is 0 Å². The summed E-state index contributed by atoms with van der Waals surface area (Å²) in [7, 11) is 1.63. The predicted octanol–water partition coefficient (Wildman–Crippen LogP) is 2.57. The van der Waals surface area contributed by atoms with Gasteiger partial charge in [0.25, 0.3) is 0 Å². The molecule has 1 aromatic carbocycles. The molecule has 2 rings (SSSR count). The lowest BCUT2D eigenvalue weighted by Gasteiger charge is -2.14. The molecule has 0 unspecified atom stereocenters. The Morgan fingerprint density at radius 1 is 1.29 bits per heavy atom. The number of hydrogen-bond donors (Lipinski definition) is 2. The average molecular weight is 285 g/mol. The number of methoxy groups -OCH3 is 1. The van der Waals surface area contributed by atoms with Gasteiger partial charge in [0.15, 0.2) is 0 Å². The Morgan fingerprint density at radius 3 is 2.71 bits per heavy atom. The molecule has 0 atom stereocenters. The number of nitrogens with two attached hydrogens (primary N) is 1. The van der Waals surface area contributed by atoms with Crippen LogP contribution in [0.3, 0.4) is 0 Å². The quantitative estimate of drug-likeness (QED) is 0.653. The van der Waals surface area contributed by atoms with Crippen LogP contribution in [0.4, 0.5) is 0 Å². The van der Waals surface area contributed by atoms with Crippen molar-refractivity contribution >= 4 is 5.84 Å². The van der Waals surface area contributed by atoms with Crippen molar-refractivity contribution in [1.29, 1.82) is 5.41 Å². The molecule has 0 saturated heterocycles. The summed E-state index contributed by atoms with van der Waals surface area (Å²) in [4.78, 5) is 4.32. The number of aryl methyl sites for hydroxylation is 2. The molecule has 0 amide bonds. The molecule has 0 aliphatic rings. The molecule has 0 bridgehead atoms. The molecule has 0 aliphatic heterocycles. The summed E-state index contributed by atoms with van der Waals surface area (Å²) < 4.78 is 11.0. The highest BCUT2D eigenvalue weighted by Gasteiger charge is 2.12. The zero-order valence-electron chi connectivity index (χ0n) is 12.4. The molecule has 0 aliphatic carbocycles. The number of rotatable bonds is 5. The zero-order valence-corrected chi connectivity index (χ0v) is 12.4. The number of benzene rings is 1. The second-order valence-corrected chi connectivity index (χ2v) is 4.78. The van der Waals surface area contributed by atoms with E-state index in [0.29, 0.717) is 23.6 Å². The summed E-state index contributed by atoms with van der Waals surface area (Å²) in [5.74, 6) is 1.32. The summed E-state index contributed by atoms with van der Waals surface area (Å²) >= 11 is 0. The lowest BCUT2D eigenvalue weighted by Crippen LogP contribution is -2.16. The maximum absolute atomic E-state index is 7.67. The second kappa shape index (κ2) is 6.26. The number of ether oxygens (including phenoxy) is 2. The molecule has 2 aromatic rings. The van der Waals surface area contributed by atoms with Crippen LogP contribution in [0, 0.1) is 19.3 Å². The van der Waals surface area contributed by atoms with Gasteiger partial charge in [-0.25, -0.2) is 0 Å². The van der Waals surface area contributed by atoms with Crippen molar-refractivity contribution in [1.82, 2.24) is 4.98 Å². The van der Waals surface area contributed by atoms with Crippen LogP contribution >= 0.6 is 0 Å². The third-order valence-corrected chi connectivity index (χ3v) is 3.09. The number of aromatic nitrogens is 1. The van der Waals surface area contributed by atoms with E-state index in [1.165, 1.54) is 0 Å². The molecule has 5 nitrogen and oxygen atoms in total. The highest BCUT2D eigenvalue weighted by atomic mass is 16.5. The van der Waals surface area contributed by atoms with Gasteiger partial charge in [-0.2, -0.15) is 0 Å². The molecule has 0 fully saturated rings. The van der Waals surface area contributed by atoms with Crippen molar-refractivity contribution in [2.24, 2.45) is 5.73 Å². The lowest BCUT2D eigenvalue weighted by molar-refractivity contribution is 0.303. The molecular weight excluding hydrogens is 266 g/mol. The van der Waals surface area contributed by atoms with Crippen LogP contribution in [0.1, 0.15) is 22.5 Å². The molecule has 5 heteroatoms. The van der Waals surface area contributed by atoms with E-state index in [-0.39, 0.29) is 5.84 Å². The van der Waals surface area contributed by atoms with Crippen molar-refractivity contribution in [2.75, 3.05) is 7.11 Å². The summed E-state index contributed by atoms with van der Waals surface area (Å²) in [5.41, 5.74) is 8.68.